The summed E-state index contributed by atoms with van der Waals surface area (Å²) in [5.41, 5.74) is 1.62. The first-order valence-corrected chi connectivity index (χ1v) is 11.7. The summed E-state index contributed by atoms with van der Waals surface area (Å²) in [7, 11) is 1.69. The van der Waals surface area contributed by atoms with Crippen LogP contribution in [0.1, 0.15) is 49.1 Å². The second kappa shape index (κ2) is 10.5. The molecule has 5 nitrogen and oxygen atoms in total. The summed E-state index contributed by atoms with van der Waals surface area (Å²) in [6.45, 7) is 5.47. The summed E-state index contributed by atoms with van der Waals surface area (Å²) >= 11 is 0. The molecule has 1 heterocycles. The largest absolute Gasteiger partial charge is 0.493 e. The first-order chi connectivity index (χ1) is 15.2. The van der Waals surface area contributed by atoms with Crippen molar-refractivity contribution in [3.05, 3.63) is 59.7 Å². The highest BCUT2D eigenvalue weighted by Crippen LogP contribution is 2.42. The van der Waals surface area contributed by atoms with E-state index in [1.54, 1.807) is 7.11 Å². The van der Waals surface area contributed by atoms with Crippen molar-refractivity contribution in [1.82, 2.24) is 10.2 Å². The van der Waals surface area contributed by atoms with Gasteiger partial charge in [-0.25, -0.2) is 0 Å². The van der Waals surface area contributed by atoms with Crippen molar-refractivity contribution in [1.29, 1.82) is 0 Å². The highest BCUT2D eigenvalue weighted by molar-refractivity contribution is 5.45. The average Bonchev–Trinajstić information content (AvgIpc) is 2.83. The first-order valence-electron chi connectivity index (χ1n) is 11.7. The van der Waals surface area contributed by atoms with Gasteiger partial charge in [-0.1, -0.05) is 55.7 Å². The fourth-order valence-electron chi connectivity index (χ4n) is 5.01. The number of aliphatic hydroxyl groups is 1. The van der Waals surface area contributed by atoms with Crippen LogP contribution >= 0.6 is 0 Å². The molecule has 31 heavy (non-hydrogen) atoms. The van der Waals surface area contributed by atoms with Gasteiger partial charge in [0.1, 0.15) is 6.61 Å². The van der Waals surface area contributed by atoms with Gasteiger partial charge in [0.15, 0.2) is 11.5 Å². The molecule has 1 atom stereocenters. The van der Waals surface area contributed by atoms with Crippen molar-refractivity contribution >= 4 is 0 Å². The molecule has 4 rings (SSSR count). The van der Waals surface area contributed by atoms with Crippen LogP contribution in [0.3, 0.4) is 0 Å². The van der Waals surface area contributed by atoms with Gasteiger partial charge < -0.3 is 24.8 Å². The van der Waals surface area contributed by atoms with Crippen LogP contribution in [0, 0.1) is 0 Å². The Balaban J connectivity index is 1.56. The lowest BCUT2D eigenvalue weighted by Gasteiger charge is -2.42. The predicted octanol–water partition coefficient (Wildman–Crippen LogP) is 3.96. The third kappa shape index (κ3) is 5.59. The fraction of sp³-hybridized carbons (Fsp3) is 0.538. The molecule has 2 aromatic rings. The molecule has 5 heteroatoms. The Morgan fingerprint density at radius 2 is 1.74 bits per heavy atom. The lowest BCUT2D eigenvalue weighted by molar-refractivity contribution is -0.0317. The lowest BCUT2D eigenvalue weighted by Crippen LogP contribution is -2.49. The van der Waals surface area contributed by atoms with Crippen molar-refractivity contribution in [2.24, 2.45) is 0 Å². The van der Waals surface area contributed by atoms with Crippen LogP contribution < -0.4 is 14.8 Å². The summed E-state index contributed by atoms with van der Waals surface area (Å²) in [5, 5.41) is 15.1. The smallest absolute Gasteiger partial charge is 0.161 e. The van der Waals surface area contributed by atoms with Crippen LogP contribution in [-0.4, -0.2) is 55.4 Å². The molecule has 1 aliphatic carbocycles. The number of nitrogens with zero attached hydrogens (tertiary/aromatic N) is 1. The summed E-state index contributed by atoms with van der Waals surface area (Å²) in [6.07, 6.45) is 5.17. The minimum Gasteiger partial charge on any atom is -0.493 e. The molecule has 1 unspecified atom stereocenters. The molecule has 0 amide bonds. The van der Waals surface area contributed by atoms with Crippen LogP contribution in [0.4, 0.5) is 0 Å². The van der Waals surface area contributed by atoms with Crippen LogP contribution in [0.15, 0.2) is 48.5 Å². The Hall–Kier alpha value is -2.08. The molecule has 1 saturated carbocycles. The van der Waals surface area contributed by atoms with Gasteiger partial charge in [0, 0.05) is 38.6 Å². The minimum atomic E-state index is -0.652. The van der Waals surface area contributed by atoms with E-state index in [0.717, 1.165) is 81.0 Å². The summed E-state index contributed by atoms with van der Waals surface area (Å²) in [5.74, 6) is 1.55. The Morgan fingerprint density at radius 3 is 2.45 bits per heavy atom. The standard InChI is InChI=1S/C26H36N2O3/c1-30-25-18-22(10-11-24(25)31-20-21-8-4-2-5-9-21)23(19-28-16-14-27-15-17-28)26(29)12-6-3-7-13-26/h2,4-5,8-11,18,23,27,29H,3,6-7,12-17,19-20H2,1H3. The number of methoxy groups -OCH3 is 1. The van der Waals surface area contributed by atoms with Crippen molar-refractivity contribution in [3.63, 3.8) is 0 Å². The monoisotopic (exact) mass is 424 g/mol. The summed E-state index contributed by atoms with van der Waals surface area (Å²) < 4.78 is 11.8. The number of benzene rings is 2. The average molecular weight is 425 g/mol. The molecule has 2 aliphatic rings. The van der Waals surface area contributed by atoms with Crippen LogP contribution in [0.2, 0.25) is 0 Å². The zero-order chi connectivity index (χ0) is 21.5. The SMILES string of the molecule is COc1cc(C(CN2CCNCC2)C2(O)CCCCC2)ccc1OCc1ccccc1. The lowest BCUT2D eigenvalue weighted by atomic mass is 9.72. The number of rotatable bonds is 8. The van der Waals surface area contributed by atoms with Gasteiger partial charge in [0.05, 0.1) is 12.7 Å². The maximum atomic E-state index is 11.7. The van der Waals surface area contributed by atoms with E-state index in [4.69, 9.17) is 9.47 Å². The third-order valence-corrected chi connectivity index (χ3v) is 6.85. The number of hydrogen-bond donors (Lipinski definition) is 2. The van der Waals surface area contributed by atoms with Gasteiger partial charge >= 0.3 is 0 Å². The quantitative estimate of drug-likeness (QED) is 0.672. The number of piperazine rings is 1. The molecule has 1 saturated heterocycles. The third-order valence-electron chi connectivity index (χ3n) is 6.85. The summed E-state index contributed by atoms with van der Waals surface area (Å²) in [6, 6.07) is 16.4. The Bertz CT molecular complexity index is 815. The molecule has 0 spiro atoms. The van der Waals surface area contributed by atoms with Gasteiger partial charge in [0.25, 0.3) is 0 Å². The normalized spacial score (nSPS) is 20.2. The van der Waals surface area contributed by atoms with Gasteiger partial charge in [-0.05, 0) is 36.1 Å². The predicted molar refractivity (Wildman–Crippen MR) is 124 cm³/mol. The van der Waals surface area contributed by atoms with E-state index in [9.17, 15) is 5.11 Å². The Kier molecular flexibility index (Phi) is 7.49. The van der Waals surface area contributed by atoms with Crippen molar-refractivity contribution in [2.75, 3.05) is 39.8 Å². The topological polar surface area (TPSA) is 54.0 Å². The van der Waals surface area contributed by atoms with Crippen LogP contribution in [0.25, 0.3) is 0 Å². The van der Waals surface area contributed by atoms with Crippen molar-refractivity contribution in [3.8, 4) is 11.5 Å². The fourth-order valence-corrected chi connectivity index (χ4v) is 5.01. The van der Waals surface area contributed by atoms with Crippen molar-refractivity contribution < 1.29 is 14.6 Å². The second-order valence-corrected chi connectivity index (χ2v) is 8.95. The highest BCUT2D eigenvalue weighted by atomic mass is 16.5. The van der Waals surface area contributed by atoms with Gasteiger partial charge in [-0.2, -0.15) is 0 Å². The molecule has 168 valence electrons. The molecule has 2 fully saturated rings. The molecule has 2 N–H and O–H groups in total. The first kappa shape index (κ1) is 22.1. The van der Waals surface area contributed by atoms with Crippen LogP contribution in [0.5, 0.6) is 11.5 Å². The molecule has 2 aromatic carbocycles. The van der Waals surface area contributed by atoms with E-state index < -0.39 is 5.60 Å². The van der Waals surface area contributed by atoms with Gasteiger partial charge in [-0.15, -0.1) is 0 Å². The second-order valence-electron chi connectivity index (χ2n) is 8.95. The molecule has 1 aliphatic heterocycles. The number of nitrogens with one attached hydrogen (secondary N) is 1. The number of hydrogen-bond acceptors (Lipinski definition) is 5. The van der Waals surface area contributed by atoms with E-state index in [-0.39, 0.29) is 5.92 Å². The maximum Gasteiger partial charge on any atom is 0.161 e. The van der Waals surface area contributed by atoms with E-state index in [2.05, 4.69) is 34.5 Å². The Labute approximate surface area is 186 Å². The van der Waals surface area contributed by atoms with Gasteiger partial charge in [-0.3, -0.25) is 0 Å². The minimum absolute atomic E-state index is 0.0722. The number of ether oxygens (including phenoxy) is 2. The van der Waals surface area contributed by atoms with E-state index in [1.807, 2.05) is 24.3 Å². The maximum absolute atomic E-state index is 11.7. The highest BCUT2D eigenvalue weighted by Gasteiger charge is 2.40. The molecule has 0 aromatic heterocycles. The Morgan fingerprint density at radius 1 is 1.00 bits per heavy atom. The van der Waals surface area contributed by atoms with Crippen molar-refractivity contribution in [2.45, 2.75) is 50.2 Å². The van der Waals surface area contributed by atoms with E-state index in [0.29, 0.717) is 6.61 Å². The van der Waals surface area contributed by atoms with Gasteiger partial charge in [0.2, 0.25) is 0 Å². The summed E-state index contributed by atoms with van der Waals surface area (Å²) in [4.78, 5) is 2.49. The molecule has 0 bridgehead atoms. The molecular formula is C26H36N2O3. The zero-order valence-corrected chi connectivity index (χ0v) is 18.7. The van der Waals surface area contributed by atoms with Crippen LogP contribution in [-0.2, 0) is 6.61 Å². The molecule has 0 radical (unpaired) electrons. The van der Waals surface area contributed by atoms with E-state index >= 15 is 0 Å². The molecular weight excluding hydrogens is 388 g/mol. The van der Waals surface area contributed by atoms with E-state index in [1.165, 1.54) is 6.42 Å². The zero-order valence-electron chi connectivity index (χ0n) is 18.7.